The highest BCUT2D eigenvalue weighted by atomic mass is 32.1. The van der Waals surface area contributed by atoms with Crippen LogP contribution in [0.15, 0.2) is 6.20 Å². The van der Waals surface area contributed by atoms with Gasteiger partial charge in [0.2, 0.25) is 0 Å². The second kappa shape index (κ2) is 4.41. The fraction of sp³-hybridized carbons (Fsp3) is 0.727. The minimum Gasteiger partial charge on any atom is -0.379 e. The number of hydrogen-bond donors (Lipinski definition) is 1. The van der Waals surface area contributed by atoms with E-state index in [1.807, 2.05) is 6.20 Å². The molecule has 4 nitrogen and oxygen atoms in total. The highest BCUT2D eigenvalue weighted by molar-refractivity contribution is 7.05. The molecule has 3 rings (SSSR count). The molecule has 2 heterocycles. The molecule has 1 aliphatic heterocycles. The topological polar surface area (TPSA) is 51.4 Å². The average Bonchev–Trinajstić information content (AvgIpc) is 2.77. The van der Waals surface area contributed by atoms with Crippen molar-refractivity contribution in [1.82, 2.24) is 9.27 Å². The van der Waals surface area contributed by atoms with Crippen LogP contribution in [-0.2, 0) is 11.2 Å². The lowest BCUT2D eigenvalue weighted by molar-refractivity contribution is 0.0113. The summed E-state index contributed by atoms with van der Waals surface area (Å²) in [6.07, 6.45) is 4.10. The van der Waals surface area contributed by atoms with Gasteiger partial charge in [0.1, 0.15) is 0 Å². The summed E-state index contributed by atoms with van der Waals surface area (Å²) < 4.78 is 9.71. The summed E-state index contributed by atoms with van der Waals surface area (Å²) in [6.45, 7) is 3.73. The molecule has 2 aliphatic rings. The van der Waals surface area contributed by atoms with Gasteiger partial charge in [-0.15, -0.1) is 0 Å². The van der Waals surface area contributed by atoms with Gasteiger partial charge in [0, 0.05) is 41.8 Å². The number of fused-ring (bicyclic) bond motifs is 1. The fourth-order valence-corrected chi connectivity index (χ4v) is 3.54. The third kappa shape index (κ3) is 1.88. The Hall–Kier alpha value is -0.490. The molecule has 16 heavy (non-hydrogen) atoms. The summed E-state index contributed by atoms with van der Waals surface area (Å²) in [4.78, 5) is 3.88. The second-order valence-corrected chi connectivity index (χ2v) is 5.45. The van der Waals surface area contributed by atoms with Crippen LogP contribution in [0.5, 0.6) is 0 Å². The van der Waals surface area contributed by atoms with E-state index < -0.39 is 0 Å². The van der Waals surface area contributed by atoms with E-state index in [9.17, 15) is 0 Å². The smallest absolute Gasteiger partial charge is 0.0594 e. The average molecular weight is 239 g/mol. The Morgan fingerprint density at radius 2 is 2.25 bits per heavy atom. The van der Waals surface area contributed by atoms with Crippen molar-refractivity contribution >= 4 is 11.5 Å². The SMILES string of the molecule is NC1Cc2sncc2C(N2CCOCC2)C1. The molecule has 0 spiro atoms. The van der Waals surface area contributed by atoms with Gasteiger partial charge in [-0.05, 0) is 24.4 Å². The Balaban J connectivity index is 1.84. The Kier molecular flexibility index (Phi) is 2.93. The van der Waals surface area contributed by atoms with Crippen molar-refractivity contribution < 1.29 is 4.74 Å². The van der Waals surface area contributed by atoms with Gasteiger partial charge < -0.3 is 10.5 Å². The van der Waals surface area contributed by atoms with Crippen LogP contribution in [0.2, 0.25) is 0 Å². The summed E-state index contributed by atoms with van der Waals surface area (Å²) in [5.74, 6) is 0. The molecule has 88 valence electrons. The first-order valence-corrected chi connectivity index (χ1v) is 6.63. The molecule has 1 aromatic heterocycles. The van der Waals surface area contributed by atoms with Gasteiger partial charge in [-0.1, -0.05) is 0 Å². The first-order valence-electron chi connectivity index (χ1n) is 5.85. The molecule has 2 N–H and O–H groups in total. The molecule has 1 aromatic rings. The number of aromatic nitrogens is 1. The minimum atomic E-state index is 0.292. The first kappa shape index (κ1) is 10.7. The second-order valence-electron chi connectivity index (χ2n) is 4.57. The van der Waals surface area contributed by atoms with E-state index in [1.54, 1.807) is 11.5 Å². The summed E-state index contributed by atoms with van der Waals surface area (Å²) in [5.41, 5.74) is 7.54. The number of nitrogens with two attached hydrogens (primary N) is 1. The zero-order valence-corrected chi connectivity index (χ0v) is 10.1. The van der Waals surface area contributed by atoms with Crippen LogP contribution in [0, 0.1) is 0 Å². The quantitative estimate of drug-likeness (QED) is 0.787. The van der Waals surface area contributed by atoms with Crippen molar-refractivity contribution in [3.63, 3.8) is 0 Å². The van der Waals surface area contributed by atoms with E-state index >= 15 is 0 Å². The summed E-state index contributed by atoms with van der Waals surface area (Å²) in [7, 11) is 0. The van der Waals surface area contributed by atoms with E-state index in [1.165, 1.54) is 10.4 Å². The molecule has 1 saturated heterocycles. The molecule has 2 atom stereocenters. The number of hydrogen-bond acceptors (Lipinski definition) is 5. The molecule has 0 bridgehead atoms. The van der Waals surface area contributed by atoms with Crippen molar-refractivity contribution in [2.45, 2.75) is 24.9 Å². The largest absolute Gasteiger partial charge is 0.379 e. The molecule has 1 fully saturated rings. The maximum atomic E-state index is 6.13. The van der Waals surface area contributed by atoms with E-state index in [4.69, 9.17) is 10.5 Å². The van der Waals surface area contributed by atoms with Crippen molar-refractivity contribution in [3.8, 4) is 0 Å². The Bertz CT molecular complexity index is 362. The zero-order chi connectivity index (χ0) is 11.0. The molecular formula is C11H17N3OS. The van der Waals surface area contributed by atoms with Crippen molar-refractivity contribution in [1.29, 1.82) is 0 Å². The molecule has 1 aliphatic carbocycles. The van der Waals surface area contributed by atoms with Gasteiger partial charge in [0.05, 0.1) is 13.2 Å². The van der Waals surface area contributed by atoms with E-state index in [-0.39, 0.29) is 0 Å². The lowest BCUT2D eigenvalue weighted by atomic mass is 9.90. The first-order chi connectivity index (χ1) is 7.84. The predicted octanol–water partition coefficient (Wildman–Crippen LogP) is 0.790. The molecule has 0 saturated carbocycles. The normalized spacial score (nSPS) is 31.3. The van der Waals surface area contributed by atoms with E-state index in [0.717, 1.165) is 39.1 Å². The highest BCUT2D eigenvalue weighted by Crippen LogP contribution is 2.35. The van der Waals surface area contributed by atoms with Crippen LogP contribution in [0.4, 0.5) is 0 Å². The number of ether oxygens (including phenoxy) is 1. The van der Waals surface area contributed by atoms with Gasteiger partial charge >= 0.3 is 0 Å². The van der Waals surface area contributed by atoms with Gasteiger partial charge in [0.15, 0.2) is 0 Å². The van der Waals surface area contributed by atoms with E-state index in [2.05, 4.69) is 9.27 Å². The maximum absolute atomic E-state index is 6.13. The minimum absolute atomic E-state index is 0.292. The standard InChI is InChI=1S/C11H17N3OS/c12-8-5-10(14-1-3-15-4-2-14)9-7-13-16-11(9)6-8/h7-8,10H,1-6,12H2. The molecule has 5 heteroatoms. The lowest BCUT2D eigenvalue weighted by Crippen LogP contribution is -2.43. The van der Waals surface area contributed by atoms with Crippen molar-refractivity contribution in [2.24, 2.45) is 5.73 Å². The van der Waals surface area contributed by atoms with E-state index in [0.29, 0.717) is 12.1 Å². The van der Waals surface area contributed by atoms with Crippen molar-refractivity contribution in [3.05, 3.63) is 16.6 Å². The zero-order valence-electron chi connectivity index (χ0n) is 9.26. The van der Waals surface area contributed by atoms with Gasteiger partial charge in [-0.25, -0.2) is 4.37 Å². The van der Waals surface area contributed by atoms with Crippen LogP contribution in [0.3, 0.4) is 0 Å². The van der Waals surface area contributed by atoms with Crippen LogP contribution < -0.4 is 5.73 Å². The van der Waals surface area contributed by atoms with Crippen LogP contribution >= 0.6 is 11.5 Å². The summed E-state index contributed by atoms with van der Waals surface area (Å²) in [5, 5.41) is 0. The molecular weight excluding hydrogens is 222 g/mol. The number of rotatable bonds is 1. The van der Waals surface area contributed by atoms with Crippen LogP contribution in [0.25, 0.3) is 0 Å². The molecule has 0 amide bonds. The molecule has 2 unspecified atom stereocenters. The van der Waals surface area contributed by atoms with Crippen molar-refractivity contribution in [2.75, 3.05) is 26.3 Å². The Morgan fingerprint density at radius 3 is 3.06 bits per heavy atom. The fourth-order valence-electron chi connectivity index (χ4n) is 2.67. The van der Waals surface area contributed by atoms with Gasteiger partial charge in [-0.3, -0.25) is 4.90 Å². The lowest BCUT2D eigenvalue weighted by Gasteiger charge is -2.38. The number of morpholine rings is 1. The van der Waals surface area contributed by atoms with Crippen LogP contribution in [0.1, 0.15) is 22.9 Å². The third-order valence-electron chi connectivity index (χ3n) is 3.50. The Labute approximate surface area is 99.6 Å². The molecule has 0 aromatic carbocycles. The monoisotopic (exact) mass is 239 g/mol. The molecule has 0 radical (unpaired) electrons. The third-order valence-corrected chi connectivity index (χ3v) is 4.33. The summed E-state index contributed by atoms with van der Waals surface area (Å²) >= 11 is 1.61. The predicted molar refractivity (Wildman–Crippen MR) is 63.5 cm³/mol. The summed E-state index contributed by atoms with van der Waals surface area (Å²) in [6, 6.07) is 0.766. The van der Waals surface area contributed by atoms with Crippen LogP contribution in [-0.4, -0.2) is 41.6 Å². The Morgan fingerprint density at radius 1 is 1.44 bits per heavy atom. The number of nitrogens with zero attached hydrogens (tertiary/aromatic N) is 2. The van der Waals surface area contributed by atoms with Gasteiger partial charge in [-0.2, -0.15) is 0 Å². The maximum Gasteiger partial charge on any atom is 0.0594 e. The highest BCUT2D eigenvalue weighted by Gasteiger charge is 2.31. The van der Waals surface area contributed by atoms with Gasteiger partial charge in [0.25, 0.3) is 0 Å².